The lowest BCUT2D eigenvalue weighted by molar-refractivity contribution is -0.139. The van der Waals surface area contributed by atoms with Crippen LogP contribution in [0.4, 0.5) is 0 Å². The Morgan fingerprint density at radius 1 is 1.27 bits per heavy atom. The summed E-state index contributed by atoms with van der Waals surface area (Å²) in [5.41, 5.74) is 0. The molecule has 82 valence electrons. The van der Waals surface area contributed by atoms with E-state index in [-0.39, 0.29) is 29.6 Å². The molecule has 0 spiro atoms. The smallest absolute Gasteiger partial charge is 0.234 e. The van der Waals surface area contributed by atoms with Crippen LogP contribution in [-0.2, 0) is 14.4 Å². The van der Waals surface area contributed by atoms with Gasteiger partial charge in [-0.2, -0.15) is 0 Å². The van der Waals surface area contributed by atoms with E-state index in [4.69, 9.17) is 0 Å². The highest BCUT2D eigenvalue weighted by Gasteiger charge is 2.51. The van der Waals surface area contributed by atoms with E-state index in [1.807, 2.05) is 0 Å². The van der Waals surface area contributed by atoms with Crippen molar-refractivity contribution in [2.24, 2.45) is 11.8 Å². The molecule has 2 rings (SSSR count). The van der Waals surface area contributed by atoms with Crippen LogP contribution in [0.25, 0.3) is 0 Å². The molecule has 0 bridgehead atoms. The summed E-state index contributed by atoms with van der Waals surface area (Å²) in [5.74, 6) is -0.851. The summed E-state index contributed by atoms with van der Waals surface area (Å²) in [6.45, 7) is 2.60. The molecule has 2 aliphatic heterocycles. The molecule has 3 amide bonds. The second kappa shape index (κ2) is 3.32. The molecule has 0 aromatic heterocycles. The van der Waals surface area contributed by atoms with Gasteiger partial charge in [0.15, 0.2) is 0 Å². The summed E-state index contributed by atoms with van der Waals surface area (Å²) in [6.07, 6.45) is 0.428. The maximum Gasteiger partial charge on any atom is 0.234 e. The number of amides is 3. The molecule has 0 aromatic rings. The van der Waals surface area contributed by atoms with Crippen LogP contribution in [0.1, 0.15) is 13.3 Å². The Labute approximate surface area is 88.0 Å². The number of rotatable bonds is 1. The average Bonchev–Trinajstić information content (AvgIpc) is 2.75. The largest absolute Gasteiger partial charge is 0.341 e. The van der Waals surface area contributed by atoms with Crippen molar-refractivity contribution in [2.75, 3.05) is 20.1 Å². The Hall–Kier alpha value is -1.39. The second-order valence-electron chi connectivity index (χ2n) is 4.10. The van der Waals surface area contributed by atoms with Crippen molar-refractivity contribution >= 4 is 17.7 Å². The number of nitrogens with zero attached hydrogens (tertiary/aromatic N) is 2. The summed E-state index contributed by atoms with van der Waals surface area (Å²) >= 11 is 0. The Bertz CT molecular complexity index is 316. The number of carbonyl (C=O) groups excluding carboxylic acids is 3. The van der Waals surface area contributed by atoms with Crippen LogP contribution < -0.4 is 0 Å². The zero-order valence-corrected chi connectivity index (χ0v) is 8.90. The lowest BCUT2D eigenvalue weighted by Gasteiger charge is -2.17. The molecule has 2 saturated heterocycles. The van der Waals surface area contributed by atoms with Gasteiger partial charge in [0.1, 0.15) is 0 Å². The first-order valence-corrected chi connectivity index (χ1v) is 5.15. The van der Waals surface area contributed by atoms with E-state index in [1.165, 1.54) is 11.9 Å². The molecular weight excluding hydrogens is 196 g/mol. The van der Waals surface area contributed by atoms with Crippen LogP contribution in [0.5, 0.6) is 0 Å². The van der Waals surface area contributed by atoms with Crippen LogP contribution in [-0.4, -0.2) is 47.7 Å². The fourth-order valence-electron chi connectivity index (χ4n) is 2.34. The summed E-state index contributed by atoms with van der Waals surface area (Å²) < 4.78 is 0. The number of likely N-dealkylation sites (tertiary alicyclic amines) is 2. The third-order valence-electron chi connectivity index (χ3n) is 3.27. The van der Waals surface area contributed by atoms with Crippen LogP contribution in [0.3, 0.4) is 0 Å². The standard InChI is InChI=1S/C10H14N2O3/c1-3-8(13)12-4-6-7(5-12)10(15)11(2)9(6)14/h6-7H,3-5H2,1-2H3/t6-,7+. The van der Waals surface area contributed by atoms with Gasteiger partial charge in [0.05, 0.1) is 11.8 Å². The Balaban J connectivity index is 2.15. The monoisotopic (exact) mass is 210 g/mol. The normalized spacial score (nSPS) is 30.0. The molecule has 2 fully saturated rings. The van der Waals surface area contributed by atoms with E-state index < -0.39 is 0 Å². The number of imide groups is 1. The van der Waals surface area contributed by atoms with Crippen molar-refractivity contribution in [1.82, 2.24) is 9.80 Å². The molecule has 5 heteroatoms. The van der Waals surface area contributed by atoms with Gasteiger partial charge < -0.3 is 4.90 Å². The molecule has 0 saturated carbocycles. The van der Waals surface area contributed by atoms with Crippen molar-refractivity contribution in [3.8, 4) is 0 Å². The first-order valence-electron chi connectivity index (χ1n) is 5.15. The summed E-state index contributed by atoms with van der Waals surface area (Å²) in [5, 5.41) is 0. The van der Waals surface area contributed by atoms with E-state index >= 15 is 0 Å². The fraction of sp³-hybridized carbons (Fsp3) is 0.700. The van der Waals surface area contributed by atoms with Gasteiger partial charge in [0.25, 0.3) is 0 Å². The van der Waals surface area contributed by atoms with Gasteiger partial charge in [-0.3, -0.25) is 19.3 Å². The van der Waals surface area contributed by atoms with Gasteiger partial charge in [-0.05, 0) is 0 Å². The zero-order chi connectivity index (χ0) is 11.2. The SMILES string of the molecule is CCC(=O)N1C[C@@H]2C(=O)N(C)C(=O)[C@@H]2C1. The van der Waals surface area contributed by atoms with Crippen LogP contribution in [0, 0.1) is 11.8 Å². The first-order chi connectivity index (χ1) is 7.06. The topological polar surface area (TPSA) is 57.7 Å². The van der Waals surface area contributed by atoms with Crippen molar-refractivity contribution in [2.45, 2.75) is 13.3 Å². The molecule has 0 aliphatic carbocycles. The van der Waals surface area contributed by atoms with Gasteiger partial charge in [-0.1, -0.05) is 6.92 Å². The molecule has 15 heavy (non-hydrogen) atoms. The molecule has 0 aromatic carbocycles. The van der Waals surface area contributed by atoms with Crippen LogP contribution >= 0.6 is 0 Å². The fourth-order valence-corrected chi connectivity index (χ4v) is 2.34. The van der Waals surface area contributed by atoms with Gasteiger partial charge in [0.2, 0.25) is 17.7 Å². The van der Waals surface area contributed by atoms with Gasteiger partial charge >= 0.3 is 0 Å². The molecule has 2 aliphatic rings. The van der Waals surface area contributed by atoms with Gasteiger partial charge in [-0.25, -0.2) is 0 Å². The van der Waals surface area contributed by atoms with Crippen molar-refractivity contribution in [3.05, 3.63) is 0 Å². The van der Waals surface area contributed by atoms with Crippen LogP contribution in [0.15, 0.2) is 0 Å². The zero-order valence-electron chi connectivity index (χ0n) is 8.90. The van der Waals surface area contributed by atoms with Crippen molar-refractivity contribution in [1.29, 1.82) is 0 Å². The van der Waals surface area contributed by atoms with Gasteiger partial charge in [0, 0.05) is 26.6 Å². The van der Waals surface area contributed by atoms with E-state index in [2.05, 4.69) is 0 Å². The Morgan fingerprint density at radius 3 is 2.13 bits per heavy atom. The third kappa shape index (κ3) is 1.33. The van der Waals surface area contributed by atoms with Crippen LogP contribution in [0.2, 0.25) is 0 Å². The minimum Gasteiger partial charge on any atom is -0.341 e. The minimum absolute atomic E-state index is 0.0210. The van der Waals surface area contributed by atoms with E-state index in [0.29, 0.717) is 19.5 Å². The average molecular weight is 210 g/mol. The van der Waals surface area contributed by atoms with Crippen molar-refractivity contribution in [3.63, 3.8) is 0 Å². The highest BCUT2D eigenvalue weighted by molar-refractivity contribution is 6.06. The Kier molecular flexibility index (Phi) is 2.25. The summed E-state index contributed by atoms with van der Waals surface area (Å²) in [6, 6.07) is 0. The molecule has 2 heterocycles. The molecule has 0 unspecified atom stereocenters. The molecule has 5 nitrogen and oxygen atoms in total. The number of fused-ring (bicyclic) bond motifs is 1. The predicted molar refractivity (Wildman–Crippen MR) is 51.6 cm³/mol. The first kappa shape index (κ1) is 10.1. The van der Waals surface area contributed by atoms with Gasteiger partial charge in [-0.15, -0.1) is 0 Å². The molecule has 2 atom stereocenters. The maximum atomic E-state index is 11.6. The van der Waals surface area contributed by atoms with E-state index in [1.54, 1.807) is 11.8 Å². The predicted octanol–water partition coefficient (Wildman–Crippen LogP) is -0.530. The minimum atomic E-state index is -0.294. The number of hydrogen-bond donors (Lipinski definition) is 0. The Morgan fingerprint density at radius 2 is 1.73 bits per heavy atom. The quantitative estimate of drug-likeness (QED) is 0.547. The highest BCUT2D eigenvalue weighted by Crippen LogP contribution is 2.32. The summed E-state index contributed by atoms with van der Waals surface area (Å²) in [4.78, 5) is 37.5. The molecular formula is C10H14N2O3. The van der Waals surface area contributed by atoms with Crippen molar-refractivity contribution < 1.29 is 14.4 Å². The summed E-state index contributed by atoms with van der Waals surface area (Å²) in [7, 11) is 1.51. The van der Waals surface area contributed by atoms with E-state index in [0.717, 1.165) is 0 Å². The number of hydrogen-bond acceptors (Lipinski definition) is 3. The second-order valence-corrected chi connectivity index (χ2v) is 4.10. The molecule has 0 N–H and O–H groups in total. The van der Waals surface area contributed by atoms with E-state index in [9.17, 15) is 14.4 Å². The lowest BCUT2D eigenvalue weighted by Crippen LogP contribution is -2.35. The highest BCUT2D eigenvalue weighted by atomic mass is 16.2. The number of carbonyl (C=O) groups is 3. The third-order valence-corrected chi connectivity index (χ3v) is 3.27. The lowest BCUT2D eigenvalue weighted by atomic mass is 10.00. The molecule has 0 radical (unpaired) electrons. The maximum absolute atomic E-state index is 11.6.